The van der Waals surface area contributed by atoms with Gasteiger partial charge in [0.1, 0.15) is 0 Å². The Bertz CT molecular complexity index is 90.3. The number of nitrogens with zero attached hydrogens (tertiary/aromatic N) is 1. The van der Waals surface area contributed by atoms with Crippen LogP contribution in [0.15, 0.2) is 16.2 Å². The van der Waals surface area contributed by atoms with Gasteiger partial charge in [-0.1, -0.05) is 11.6 Å². The van der Waals surface area contributed by atoms with Crippen molar-refractivity contribution in [3.8, 4) is 0 Å². The maximum Gasteiger partial charge on any atom is 0.0406 e. The molecule has 0 aromatic rings. The van der Waals surface area contributed by atoms with Crippen LogP contribution >= 0.6 is 11.6 Å². The fraction of sp³-hybridized carbons (Fsp3) is 0.400. The summed E-state index contributed by atoms with van der Waals surface area (Å²) >= 11 is 5.40. The van der Waals surface area contributed by atoms with E-state index in [0.717, 1.165) is 0 Å². The molecule has 0 heterocycles. The molecule has 40 valence electrons. The van der Waals surface area contributed by atoms with Gasteiger partial charge in [-0.2, -0.15) is 0 Å². The summed E-state index contributed by atoms with van der Waals surface area (Å²) in [4.78, 5) is 3.75. The lowest BCUT2D eigenvalue weighted by Gasteiger charge is -1.75. The van der Waals surface area contributed by atoms with E-state index in [1.165, 1.54) is 0 Å². The van der Waals surface area contributed by atoms with Crippen molar-refractivity contribution in [3.63, 3.8) is 0 Å². The predicted molar refractivity (Wildman–Crippen MR) is 33.8 cm³/mol. The second-order valence-corrected chi connectivity index (χ2v) is 1.72. The van der Waals surface area contributed by atoms with Gasteiger partial charge in [-0.3, -0.25) is 4.99 Å². The topological polar surface area (TPSA) is 12.4 Å². The highest BCUT2D eigenvalue weighted by Gasteiger charge is 1.69. The van der Waals surface area contributed by atoms with E-state index in [-0.39, 0.29) is 0 Å². The van der Waals surface area contributed by atoms with Crippen LogP contribution in [0.4, 0.5) is 0 Å². The summed E-state index contributed by atoms with van der Waals surface area (Å²) < 4.78 is 0. The molecule has 7 heavy (non-hydrogen) atoms. The van der Waals surface area contributed by atoms with Crippen molar-refractivity contribution in [2.75, 3.05) is 0 Å². The molecule has 0 unspecified atom stereocenters. The molecule has 0 atom stereocenters. The molecular formula is C5H8ClN. The Kier molecular flexibility index (Phi) is 3.71. The lowest BCUT2D eigenvalue weighted by molar-refractivity contribution is 1.50. The lowest BCUT2D eigenvalue weighted by Crippen LogP contribution is -1.56. The summed E-state index contributed by atoms with van der Waals surface area (Å²) in [7, 11) is 0. The van der Waals surface area contributed by atoms with Crippen molar-refractivity contribution < 1.29 is 0 Å². The van der Waals surface area contributed by atoms with Crippen molar-refractivity contribution in [1.82, 2.24) is 0 Å². The molecule has 0 N–H and O–H groups in total. The predicted octanol–water partition coefficient (Wildman–Crippen LogP) is 2.18. The van der Waals surface area contributed by atoms with Gasteiger partial charge in [0.25, 0.3) is 0 Å². The molecule has 0 saturated heterocycles. The molecule has 0 amide bonds. The second-order valence-electron chi connectivity index (χ2n) is 1.12. The Morgan fingerprint density at radius 1 is 1.71 bits per heavy atom. The van der Waals surface area contributed by atoms with E-state index in [4.69, 9.17) is 11.6 Å². The molecule has 0 aromatic heterocycles. The van der Waals surface area contributed by atoms with Crippen molar-refractivity contribution in [2.45, 2.75) is 13.8 Å². The van der Waals surface area contributed by atoms with Gasteiger partial charge in [-0.25, -0.2) is 0 Å². The lowest BCUT2D eigenvalue weighted by atomic mass is 10.7. The number of aliphatic imine (C=N–C) groups is 1. The van der Waals surface area contributed by atoms with Crippen LogP contribution in [0.5, 0.6) is 0 Å². The zero-order valence-corrected chi connectivity index (χ0v) is 5.24. The van der Waals surface area contributed by atoms with Gasteiger partial charge in [0, 0.05) is 17.4 Å². The molecule has 1 nitrogen and oxygen atoms in total. The molecule has 0 fully saturated rings. The quantitative estimate of drug-likeness (QED) is 0.467. The van der Waals surface area contributed by atoms with E-state index in [1.807, 2.05) is 6.92 Å². The third-order valence-corrected chi connectivity index (χ3v) is 0.499. The van der Waals surface area contributed by atoms with Crippen LogP contribution in [0.3, 0.4) is 0 Å². The normalized spacial score (nSPS) is 13.3. The average Bonchev–Trinajstić information content (AvgIpc) is 1.61. The average molecular weight is 118 g/mol. The Balaban J connectivity index is 3.46. The Labute approximate surface area is 48.7 Å². The number of rotatable bonds is 1. The summed E-state index contributed by atoms with van der Waals surface area (Å²) in [6, 6.07) is 0. The van der Waals surface area contributed by atoms with E-state index in [2.05, 4.69) is 4.99 Å². The molecule has 0 bridgehead atoms. The van der Waals surface area contributed by atoms with Gasteiger partial charge < -0.3 is 0 Å². The van der Waals surface area contributed by atoms with Gasteiger partial charge >= 0.3 is 0 Å². The minimum Gasteiger partial charge on any atom is -0.268 e. The second kappa shape index (κ2) is 3.88. The van der Waals surface area contributed by atoms with Gasteiger partial charge in [0.2, 0.25) is 0 Å². The van der Waals surface area contributed by atoms with Crippen LogP contribution < -0.4 is 0 Å². The third-order valence-electron chi connectivity index (χ3n) is 0.402. The van der Waals surface area contributed by atoms with Gasteiger partial charge in [0.05, 0.1) is 0 Å². The third kappa shape index (κ3) is 5.70. The van der Waals surface area contributed by atoms with E-state index in [1.54, 1.807) is 19.3 Å². The fourth-order valence-corrected chi connectivity index (χ4v) is 0.234. The van der Waals surface area contributed by atoms with Crippen LogP contribution in [-0.2, 0) is 0 Å². The standard InChI is InChI=1S/C5H8ClN/c1-3-7-4-5(2)6/h3-4H,1-2H3/b5-4+,7-3?. The number of halogens is 1. The van der Waals surface area contributed by atoms with Gasteiger partial charge in [-0.05, 0) is 13.8 Å². The molecule has 0 aromatic carbocycles. The van der Waals surface area contributed by atoms with E-state index in [0.29, 0.717) is 5.03 Å². The van der Waals surface area contributed by atoms with Crippen LogP contribution in [0, 0.1) is 0 Å². The number of hydrogen-bond acceptors (Lipinski definition) is 1. The first kappa shape index (κ1) is 6.70. The monoisotopic (exact) mass is 117 g/mol. The summed E-state index contributed by atoms with van der Waals surface area (Å²) in [6.45, 7) is 3.63. The number of hydrogen-bond donors (Lipinski definition) is 0. The summed E-state index contributed by atoms with van der Waals surface area (Å²) in [5.41, 5.74) is 0. The summed E-state index contributed by atoms with van der Waals surface area (Å²) in [5.74, 6) is 0. The van der Waals surface area contributed by atoms with Crippen LogP contribution in [-0.4, -0.2) is 6.21 Å². The highest BCUT2D eigenvalue weighted by Crippen LogP contribution is 1.95. The van der Waals surface area contributed by atoms with Gasteiger partial charge in [-0.15, -0.1) is 0 Å². The SMILES string of the molecule is CC=N/C=C(\C)Cl. The Morgan fingerprint density at radius 3 is 2.43 bits per heavy atom. The summed E-state index contributed by atoms with van der Waals surface area (Å²) in [5, 5.41) is 0.707. The minimum atomic E-state index is 0.707. The number of allylic oxidation sites excluding steroid dienone is 1. The molecule has 0 aliphatic heterocycles. The van der Waals surface area contributed by atoms with Crippen molar-refractivity contribution >= 4 is 17.8 Å². The fourth-order valence-electron chi connectivity index (χ4n) is 0.177. The first-order valence-electron chi connectivity index (χ1n) is 2.07. The van der Waals surface area contributed by atoms with E-state index in [9.17, 15) is 0 Å². The molecular weight excluding hydrogens is 110 g/mol. The van der Waals surface area contributed by atoms with Crippen LogP contribution in [0.1, 0.15) is 13.8 Å². The zero-order valence-electron chi connectivity index (χ0n) is 4.48. The first-order chi connectivity index (χ1) is 3.27. The maximum atomic E-state index is 5.40. The van der Waals surface area contributed by atoms with Crippen molar-refractivity contribution in [3.05, 3.63) is 11.2 Å². The van der Waals surface area contributed by atoms with Crippen molar-refractivity contribution in [1.29, 1.82) is 0 Å². The Hall–Kier alpha value is -0.300. The first-order valence-corrected chi connectivity index (χ1v) is 2.45. The molecule has 0 radical (unpaired) electrons. The van der Waals surface area contributed by atoms with Crippen LogP contribution in [0.25, 0.3) is 0 Å². The van der Waals surface area contributed by atoms with Gasteiger partial charge in [0.15, 0.2) is 0 Å². The Morgan fingerprint density at radius 2 is 2.29 bits per heavy atom. The molecule has 0 rings (SSSR count). The molecule has 0 saturated carbocycles. The molecule has 0 aliphatic rings. The molecule has 0 spiro atoms. The largest absolute Gasteiger partial charge is 0.268 e. The van der Waals surface area contributed by atoms with E-state index >= 15 is 0 Å². The van der Waals surface area contributed by atoms with Crippen LogP contribution in [0.2, 0.25) is 0 Å². The highest BCUT2D eigenvalue weighted by molar-refractivity contribution is 6.29. The molecule has 0 aliphatic carbocycles. The van der Waals surface area contributed by atoms with E-state index < -0.39 is 0 Å². The minimum absolute atomic E-state index is 0.707. The zero-order chi connectivity index (χ0) is 5.70. The highest BCUT2D eigenvalue weighted by atomic mass is 35.5. The smallest absolute Gasteiger partial charge is 0.0406 e. The summed E-state index contributed by atoms with van der Waals surface area (Å²) in [6.07, 6.45) is 3.29. The molecule has 2 heteroatoms. The maximum absolute atomic E-state index is 5.40. The van der Waals surface area contributed by atoms with Crippen molar-refractivity contribution in [2.24, 2.45) is 4.99 Å².